The third-order valence-corrected chi connectivity index (χ3v) is 5.64. The minimum atomic E-state index is -3.59. The molecule has 0 aromatic carbocycles. The molecule has 6 nitrogen and oxygen atoms in total. The molecule has 0 aliphatic rings. The Balaban J connectivity index is 2.30. The van der Waals surface area contributed by atoms with Crippen LogP contribution in [0, 0.1) is 6.92 Å². The average molecular weight is 314 g/mol. The van der Waals surface area contributed by atoms with Crippen LogP contribution in [0.4, 0.5) is 0 Å². The third-order valence-electron chi connectivity index (χ3n) is 3.00. The van der Waals surface area contributed by atoms with Gasteiger partial charge in [0, 0.05) is 36.3 Å². The van der Waals surface area contributed by atoms with Crippen LogP contribution in [-0.4, -0.2) is 37.0 Å². The number of nitrogens with zero attached hydrogens (tertiary/aromatic N) is 2. The van der Waals surface area contributed by atoms with Crippen molar-refractivity contribution in [3.05, 3.63) is 33.6 Å². The van der Waals surface area contributed by atoms with Crippen molar-refractivity contribution in [2.45, 2.75) is 25.0 Å². The molecule has 2 rings (SSSR count). The highest BCUT2D eigenvalue weighted by molar-refractivity contribution is 7.89. The Morgan fingerprint density at radius 1 is 1.50 bits per heavy atom. The van der Waals surface area contributed by atoms with Crippen LogP contribution < -0.4 is 5.32 Å². The summed E-state index contributed by atoms with van der Waals surface area (Å²) in [5.74, 6) is 0. The number of aryl methyl sites for hydroxylation is 1. The van der Waals surface area contributed by atoms with Crippen molar-refractivity contribution in [1.82, 2.24) is 19.8 Å². The van der Waals surface area contributed by atoms with Gasteiger partial charge in [0.05, 0.1) is 0 Å². The summed E-state index contributed by atoms with van der Waals surface area (Å²) in [6, 6.07) is 3.83. The van der Waals surface area contributed by atoms with Gasteiger partial charge < -0.3 is 5.32 Å². The van der Waals surface area contributed by atoms with Gasteiger partial charge in [-0.3, -0.25) is 5.10 Å². The number of aromatic nitrogens is 2. The van der Waals surface area contributed by atoms with Crippen molar-refractivity contribution >= 4 is 21.4 Å². The van der Waals surface area contributed by atoms with Crippen LogP contribution in [-0.2, 0) is 23.1 Å². The predicted octanol–water partition coefficient (Wildman–Crippen LogP) is 1.32. The standard InChI is InChI=1S/C12H18N4O2S2/c1-9-11(7-13-2)12(15-14-9)20(17,18)16(3)8-10-5-4-6-19-10/h4-6,13H,7-8H2,1-3H3,(H,14,15). The smallest absolute Gasteiger partial charge is 0.262 e. The molecule has 0 aliphatic carbocycles. The summed E-state index contributed by atoms with van der Waals surface area (Å²) in [4.78, 5) is 0.999. The van der Waals surface area contributed by atoms with Gasteiger partial charge in [-0.25, -0.2) is 8.42 Å². The van der Waals surface area contributed by atoms with E-state index in [4.69, 9.17) is 0 Å². The van der Waals surface area contributed by atoms with Gasteiger partial charge in [0.1, 0.15) is 0 Å². The fourth-order valence-electron chi connectivity index (χ4n) is 1.88. The number of aromatic amines is 1. The summed E-state index contributed by atoms with van der Waals surface area (Å²) < 4.78 is 26.5. The van der Waals surface area contributed by atoms with E-state index in [-0.39, 0.29) is 5.03 Å². The van der Waals surface area contributed by atoms with E-state index in [1.807, 2.05) is 24.4 Å². The lowest BCUT2D eigenvalue weighted by Gasteiger charge is -2.15. The van der Waals surface area contributed by atoms with Gasteiger partial charge >= 0.3 is 0 Å². The molecular formula is C12H18N4O2S2. The minimum Gasteiger partial charge on any atom is -0.316 e. The van der Waals surface area contributed by atoms with Crippen LogP contribution in [0.3, 0.4) is 0 Å². The second-order valence-corrected chi connectivity index (χ2v) is 7.50. The number of H-pyrrole nitrogens is 1. The fourth-order valence-corrected chi connectivity index (χ4v) is 4.02. The first-order valence-corrected chi connectivity index (χ1v) is 8.46. The van der Waals surface area contributed by atoms with Crippen LogP contribution in [0.1, 0.15) is 16.1 Å². The topological polar surface area (TPSA) is 78.1 Å². The van der Waals surface area contributed by atoms with Crippen LogP contribution in [0.15, 0.2) is 22.5 Å². The maximum atomic E-state index is 12.6. The lowest BCUT2D eigenvalue weighted by atomic mass is 10.3. The zero-order chi connectivity index (χ0) is 14.8. The second kappa shape index (κ2) is 6.04. The Labute approximate surface area is 122 Å². The molecule has 8 heteroatoms. The van der Waals surface area contributed by atoms with E-state index in [2.05, 4.69) is 15.5 Å². The molecule has 0 bridgehead atoms. The Morgan fingerprint density at radius 2 is 2.25 bits per heavy atom. The van der Waals surface area contributed by atoms with Gasteiger partial charge in [0.15, 0.2) is 5.03 Å². The first-order valence-electron chi connectivity index (χ1n) is 6.14. The van der Waals surface area contributed by atoms with Crippen LogP contribution in [0.5, 0.6) is 0 Å². The first-order chi connectivity index (χ1) is 9.46. The molecule has 0 amide bonds. The number of hydrogen-bond donors (Lipinski definition) is 2. The van der Waals surface area contributed by atoms with Gasteiger partial charge in [0.2, 0.25) is 0 Å². The third kappa shape index (κ3) is 2.93. The van der Waals surface area contributed by atoms with Gasteiger partial charge in [0.25, 0.3) is 10.0 Å². The quantitative estimate of drug-likeness (QED) is 0.843. The number of hydrogen-bond acceptors (Lipinski definition) is 5. The lowest BCUT2D eigenvalue weighted by molar-refractivity contribution is 0.465. The summed E-state index contributed by atoms with van der Waals surface area (Å²) >= 11 is 1.54. The molecule has 0 unspecified atom stereocenters. The Kier molecular flexibility index (Phi) is 4.59. The summed E-state index contributed by atoms with van der Waals surface area (Å²) in [6.07, 6.45) is 0. The number of nitrogens with one attached hydrogen (secondary N) is 2. The summed E-state index contributed by atoms with van der Waals surface area (Å²) in [7, 11) is -0.242. The van der Waals surface area contributed by atoms with E-state index in [0.717, 1.165) is 10.6 Å². The molecule has 0 atom stereocenters. The van der Waals surface area contributed by atoms with Gasteiger partial charge in [-0.05, 0) is 25.4 Å². The van der Waals surface area contributed by atoms with Gasteiger partial charge in [-0.1, -0.05) is 6.07 Å². The molecule has 0 aliphatic heterocycles. The monoisotopic (exact) mass is 314 g/mol. The Morgan fingerprint density at radius 3 is 2.85 bits per heavy atom. The van der Waals surface area contributed by atoms with Gasteiger partial charge in [-0.15, -0.1) is 11.3 Å². The van der Waals surface area contributed by atoms with E-state index in [0.29, 0.717) is 18.7 Å². The van der Waals surface area contributed by atoms with Crippen molar-refractivity contribution in [2.75, 3.05) is 14.1 Å². The molecule has 0 fully saturated rings. The van der Waals surface area contributed by atoms with Crippen molar-refractivity contribution in [2.24, 2.45) is 0 Å². The predicted molar refractivity (Wildman–Crippen MR) is 79.1 cm³/mol. The van der Waals surface area contributed by atoms with Crippen molar-refractivity contribution in [1.29, 1.82) is 0 Å². The lowest BCUT2D eigenvalue weighted by Crippen LogP contribution is -2.27. The van der Waals surface area contributed by atoms with E-state index >= 15 is 0 Å². The molecule has 2 heterocycles. The highest BCUT2D eigenvalue weighted by Crippen LogP contribution is 2.22. The molecule has 0 spiro atoms. The zero-order valence-corrected chi connectivity index (χ0v) is 13.3. The van der Waals surface area contributed by atoms with E-state index in [1.54, 1.807) is 14.1 Å². The molecule has 0 saturated heterocycles. The van der Waals surface area contributed by atoms with Crippen LogP contribution >= 0.6 is 11.3 Å². The molecule has 20 heavy (non-hydrogen) atoms. The van der Waals surface area contributed by atoms with Crippen LogP contribution in [0.2, 0.25) is 0 Å². The van der Waals surface area contributed by atoms with Crippen molar-refractivity contribution in [3.63, 3.8) is 0 Å². The largest absolute Gasteiger partial charge is 0.316 e. The maximum absolute atomic E-state index is 12.6. The fraction of sp³-hybridized carbons (Fsp3) is 0.417. The van der Waals surface area contributed by atoms with E-state index in [1.165, 1.54) is 15.6 Å². The van der Waals surface area contributed by atoms with Crippen LogP contribution in [0.25, 0.3) is 0 Å². The molecular weight excluding hydrogens is 296 g/mol. The first kappa shape index (κ1) is 15.2. The summed E-state index contributed by atoms with van der Waals surface area (Å²) in [5, 5.41) is 11.7. The number of rotatable bonds is 6. The molecule has 2 N–H and O–H groups in total. The zero-order valence-electron chi connectivity index (χ0n) is 11.7. The molecule has 0 saturated carbocycles. The molecule has 2 aromatic rings. The Hall–Kier alpha value is -1.22. The highest BCUT2D eigenvalue weighted by atomic mass is 32.2. The molecule has 110 valence electrons. The van der Waals surface area contributed by atoms with Crippen molar-refractivity contribution < 1.29 is 8.42 Å². The number of thiophene rings is 1. The minimum absolute atomic E-state index is 0.100. The highest BCUT2D eigenvalue weighted by Gasteiger charge is 2.28. The van der Waals surface area contributed by atoms with E-state index in [9.17, 15) is 8.42 Å². The summed E-state index contributed by atoms with van der Waals surface area (Å²) in [6.45, 7) is 2.63. The van der Waals surface area contributed by atoms with Crippen molar-refractivity contribution in [3.8, 4) is 0 Å². The van der Waals surface area contributed by atoms with Gasteiger partial charge in [-0.2, -0.15) is 9.40 Å². The normalized spacial score (nSPS) is 12.2. The summed E-state index contributed by atoms with van der Waals surface area (Å²) in [5.41, 5.74) is 1.45. The number of sulfonamides is 1. The SMILES string of the molecule is CNCc1c(S(=O)(=O)N(C)Cc2cccs2)n[nH]c1C. The molecule has 2 aromatic heterocycles. The second-order valence-electron chi connectivity index (χ2n) is 4.50. The molecule has 0 radical (unpaired) electrons. The maximum Gasteiger partial charge on any atom is 0.262 e. The van der Waals surface area contributed by atoms with E-state index < -0.39 is 10.0 Å². The Bertz CT molecular complexity index is 662. The average Bonchev–Trinajstić information content (AvgIpc) is 3.01.